The van der Waals surface area contributed by atoms with E-state index < -0.39 is 0 Å². The molecule has 90 valence electrons. The van der Waals surface area contributed by atoms with Crippen LogP contribution < -0.4 is 5.73 Å². The van der Waals surface area contributed by atoms with Crippen molar-refractivity contribution in [2.45, 2.75) is 6.54 Å². The molecular formula is C14H12FN3. The van der Waals surface area contributed by atoms with E-state index >= 15 is 0 Å². The normalized spacial score (nSPS) is 11.0. The van der Waals surface area contributed by atoms with E-state index in [2.05, 4.69) is 4.98 Å². The summed E-state index contributed by atoms with van der Waals surface area (Å²) in [7, 11) is 0. The number of benzene rings is 2. The first-order chi connectivity index (χ1) is 8.79. The molecule has 0 aliphatic carbocycles. The van der Waals surface area contributed by atoms with Gasteiger partial charge >= 0.3 is 0 Å². The second-order valence-electron chi connectivity index (χ2n) is 4.08. The molecule has 0 radical (unpaired) electrons. The van der Waals surface area contributed by atoms with Crippen LogP contribution in [0.5, 0.6) is 0 Å². The zero-order chi connectivity index (χ0) is 12.5. The molecule has 1 aromatic heterocycles. The van der Waals surface area contributed by atoms with Crippen LogP contribution in [0.2, 0.25) is 0 Å². The Morgan fingerprint density at radius 1 is 1.17 bits per heavy atom. The highest BCUT2D eigenvalue weighted by atomic mass is 19.1. The number of hydrogen-bond donors (Lipinski definition) is 1. The number of hydrogen-bond acceptors (Lipinski definition) is 2. The van der Waals surface area contributed by atoms with E-state index in [-0.39, 0.29) is 5.82 Å². The second kappa shape index (κ2) is 4.23. The largest absolute Gasteiger partial charge is 0.326 e. The van der Waals surface area contributed by atoms with Gasteiger partial charge in [0.2, 0.25) is 0 Å². The first-order valence-corrected chi connectivity index (χ1v) is 5.70. The number of rotatable bonds is 2. The van der Waals surface area contributed by atoms with Crippen LogP contribution in [0.15, 0.2) is 48.8 Å². The maximum absolute atomic E-state index is 13.2. The lowest BCUT2D eigenvalue weighted by molar-refractivity contribution is 0.625. The minimum absolute atomic E-state index is 0.274. The van der Waals surface area contributed by atoms with Crippen LogP contribution in [-0.4, -0.2) is 9.55 Å². The van der Waals surface area contributed by atoms with E-state index in [0.717, 1.165) is 22.3 Å². The van der Waals surface area contributed by atoms with Gasteiger partial charge in [0.15, 0.2) is 0 Å². The molecule has 0 atom stereocenters. The highest BCUT2D eigenvalue weighted by Gasteiger charge is 2.08. The molecule has 3 rings (SSSR count). The molecule has 0 spiro atoms. The second-order valence-corrected chi connectivity index (χ2v) is 4.08. The third-order valence-corrected chi connectivity index (χ3v) is 2.97. The Labute approximate surface area is 104 Å². The molecule has 0 aliphatic rings. The minimum Gasteiger partial charge on any atom is -0.326 e. The molecule has 4 heteroatoms. The highest BCUT2D eigenvalue weighted by Crippen LogP contribution is 2.21. The lowest BCUT2D eigenvalue weighted by Gasteiger charge is -2.09. The maximum atomic E-state index is 13.2. The Kier molecular flexibility index (Phi) is 2.57. The van der Waals surface area contributed by atoms with Gasteiger partial charge in [0, 0.05) is 6.54 Å². The lowest BCUT2D eigenvalue weighted by atomic mass is 10.1. The zero-order valence-corrected chi connectivity index (χ0v) is 9.68. The minimum atomic E-state index is -0.274. The summed E-state index contributed by atoms with van der Waals surface area (Å²) in [4.78, 5) is 4.32. The summed E-state index contributed by atoms with van der Waals surface area (Å²) in [5.41, 5.74) is 9.19. The van der Waals surface area contributed by atoms with Gasteiger partial charge in [-0.3, -0.25) is 4.57 Å². The van der Waals surface area contributed by atoms with Crippen LogP contribution in [0.4, 0.5) is 4.39 Å². The third-order valence-electron chi connectivity index (χ3n) is 2.97. The molecule has 3 nitrogen and oxygen atoms in total. The topological polar surface area (TPSA) is 43.8 Å². The van der Waals surface area contributed by atoms with Crippen LogP contribution in [-0.2, 0) is 6.54 Å². The summed E-state index contributed by atoms with van der Waals surface area (Å²) in [5.74, 6) is -0.274. The SMILES string of the molecule is NCc1cc(F)ccc1-n1cnc2ccccc21. The predicted octanol–water partition coefficient (Wildman–Crippen LogP) is 2.62. The Morgan fingerprint density at radius 2 is 2.00 bits per heavy atom. The van der Waals surface area contributed by atoms with Crippen LogP contribution in [0, 0.1) is 5.82 Å². The molecule has 1 heterocycles. The van der Waals surface area contributed by atoms with Crippen LogP contribution in [0.3, 0.4) is 0 Å². The van der Waals surface area contributed by atoms with E-state index in [1.165, 1.54) is 12.1 Å². The molecule has 3 aromatic rings. The van der Waals surface area contributed by atoms with E-state index in [1.54, 1.807) is 12.4 Å². The van der Waals surface area contributed by atoms with Crippen LogP contribution >= 0.6 is 0 Å². The van der Waals surface area contributed by atoms with Crippen molar-refractivity contribution in [3.05, 3.63) is 60.2 Å². The molecule has 2 aromatic carbocycles. The van der Waals surface area contributed by atoms with Gasteiger partial charge in [-0.25, -0.2) is 9.37 Å². The fourth-order valence-corrected chi connectivity index (χ4v) is 2.10. The highest BCUT2D eigenvalue weighted by molar-refractivity contribution is 5.77. The van der Waals surface area contributed by atoms with Gasteiger partial charge in [-0.1, -0.05) is 12.1 Å². The lowest BCUT2D eigenvalue weighted by Crippen LogP contribution is -2.04. The number of para-hydroxylation sites is 2. The molecule has 0 bridgehead atoms. The van der Waals surface area contributed by atoms with Gasteiger partial charge in [-0.15, -0.1) is 0 Å². The number of nitrogens with zero attached hydrogens (tertiary/aromatic N) is 2. The molecule has 18 heavy (non-hydrogen) atoms. The predicted molar refractivity (Wildman–Crippen MR) is 68.9 cm³/mol. The Balaban J connectivity index is 2.26. The number of imidazole rings is 1. The quantitative estimate of drug-likeness (QED) is 0.749. The van der Waals surface area contributed by atoms with E-state index in [1.807, 2.05) is 28.8 Å². The summed E-state index contributed by atoms with van der Waals surface area (Å²) in [6.07, 6.45) is 1.73. The number of fused-ring (bicyclic) bond motifs is 1. The number of halogens is 1. The van der Waals surface area contributed by atoms with E-state index in [4.69, 9.17) is 5.73 Å². The van der Waals surface area contributed by atoms with Gasteiger partial charge in [0.1, 0.15) is 12.1 Å². The number of aromatic nitrogens is 2. The van der Waals surface area contributed by atoms with Gasteiger partial charge < -0.3 is 5.73 Å². The first kappa shape index (κ1) is 10.9. The van der Waals surface area contributed by atoms with Crippen molar-refractivity contribution < 1.29 is 4.39 Å². The maximum Gasteiger partial charge on any atom is 0.123 e. The molecule has 0 aliphatic heterocycles. The Hall–Kier alpha value is -2.20. The van der Waals surface area contributed by atoms with Crippen molar-refractivity contribution in [1.29, 1.82) is 0 Å². The molecule has 0 fully saturated rings. The average molecular weight is 241 g/mol. The monoisotopic (exact) mass is 241 g/mol. The van der Waals surface area contributed by atoms with Crippen molar-refractivity contribution in [3.8, 4) is 5.69 Å². The molecule has 2 N–H and O–H groups in total. The summed E-state index contributed by atoms with van der Waals surface area (Å²) < 4.78 is 15.1. The molecular weight excluding hydrogens is 229 g/mol. The van der Waals surface area contributed by atoms with Crippen molar-refractivity contribution in [2.24, 2.45) is 5.73 Å². The van der Waals surface area contributed by atoms with Gasteiger partial charge in [0.05, 0.1) is 16.7 Å². The average Bonchev–Trinajstić information content (AvgIpc) is 2.82. The molecule has 0 saturated carbocycles. The van der Waals surface area contributed by atoms with E-state index in [0.29, 0.717) is 6.54 Å². The van der Waals surface area contributed by atoms with Gasteiger partial charge in [-0.2, -0.15) is 0 Å². The van der Waals surface area contributed by atoms with Gasteiger partial charge in [0.25, 0.3) is 0 Å². The van der Waals surface area contributed by atoms with E-state index in [9.17, 15) is 4.39 Å². The van der Waals surface area contributed by atoms with Crippen molar-refractivity contribution in [1.82, 2.24) is 9.55 Å². The number of nitrogens with two attached hydrogens (primary N) is 1. The zero-order valence-electron chi connectivity index (χ0n) is 9.68. The molecule has 0 unspecified atom stereocenters. The van der Waals surface area contributed by atoms with Crippen molar-refractivity contribution in [2.75, 3.05) is 0 Å². The summed E-state index contributed by atoms with van der Waals surface area (Å²) in [6, 6.07) is 12.4. The standard InChI is InChI=1S/C14H12FN3/c15-11-5-6-13(10(7-11)8-16)18-9-17-12-3-1-2-4-14(12)18/h1-7,9H,8,16H2. The van der Waals surface area contributed by atoms with Crippen molar-refractivity contribution in [3.63, 3.8) is 0 Å². The Bertz CT molecular complexity index is 703. The van der Waals surface area contributed by atoms with Crippen LogP contribution in [0.1, 0.15) is 5.56 Å². The van der Waals surface area contributed by atoms with Crippen molar-refractivity contribution >= 4 is 11.0 Å². The summed E-state index contributed by atoms with van der Waals surface area (Å²) in [5, 5.41) is 0. The summed E-state index contributed by atoms with van der Waals surface area (Å²) in [6.45, 7) is 0.291. The third kappa shape index (κ3) is 1.67. The molecule has 0 saturated heterocycles. The first-order valence-electron chi connectivity index (χ1n) is 5.70. The van der Waals surface area contributed by atoms with Gasteiger partial charge in [-0.05, 0) is 35.9 Å². The summed E-state index contributed by atoms with van der Waals surface area (Å²) >= 11 is 0. The fourth-order valence-electron chi connectivity index (χ4n) is 2.10. The fraction of sp³-hybridized carbons (Fsp3) is 0.0714. The van der Waals surface area contributed by atoms with Crippen LogP contribution in [0.25, 0.3) is 16.7 Å². The Morgan fingerprint density at radius 3 is 2.83 bits per heavy atom. The smallest absolute Gasteiger partial charge is 0.123 e. The molecule has 0 amide bonds.